The van der Waals surface area contributed by atoms with E-state index in [0.717, 1.165) is 22.3 Å². The molecule has 0 aliphatic carbocycles. The third-order valence-electron chi connectivity index (χ3n) is 2.63. The second-order valence-corrected chi connectivity index (χ2v) is 4.94. The second kappa shape index (κ2) is 4.94. The molecule has 0 aliphatic rings. The van der Waals surface area contributed by atoms with Gasteiger partial charge >= 0.3 is 0 Å². The van der Waals surface area contributed by atoms with Crippen molar-refractivity contribution in [2.24, 2.45) is 5.73 Å². The van der Waals surface area contributed by atoms with Crippen molar-refractivity contribution in [1.29, 1.82) is 0 Å². The number of anilines is 1. The number of aromatic nitrogens is 1. The van der Waals surface area contributed by atoms with Crippen LogP contribution < -0.4 is 11.1 Å². The highest BCUT2D eigenvalue weighted by Gasteiger charge is 2.20. The number of nitrogens with two attached hydrogens (primary N) is 1. The lowest BCUT2D eigenvalue weighted by atomic mass is 9.99. The lowest BCUT2D eigenvalue weighted by molar-refractivity contribution is 0.504. The molecule has 1 aromatic rings. The molecular formula is C11H18BrN3. The van der Waals surface area contributed by atoms with Gasteiger partial charge in [-0.1, -0.05) is 6.92 Å². The Bertz CT molecular complexity index is 335. The molecule has 0 aliphatic heterocycles. The highest BCUT2D eigenvalue weighted by Crippen LogP contribution is 2.24. The van der Waals surface area contributed by atoms with Crippen LogP contribution in [0.25, 0.3) is 0 Å². The summed E-state index contributed by atoms with van der Waals surface area (Å²) in [6, 6.07) is 2.04. The molecule has 0 amide bonds. The van der Waals surface area contributed by atoms with E-state index in [1.54, 1.807) is 0 Å². The first-order chi connectivity index (χ1) is 7.00. The van der Waals surface area contributed by atoms with E-state index in [2.05, 4.69) is 40.1 Å². The number of aryl methyl sites for hydroxylation is 1. The summed E-state index contributed by atoms with van der Waals surface area (Å²) >= 11 is 3.49. The predicted molar refractivity (Wildman–Crippen MR) is 68.0 cm³/mol. The van der Waals surface area contributed by atoms with Crippen molar-refractivity contribution in [3.8, 4) is 0 Å². The van der Waals surface area contributed by atoms with Gasteiger partial charge < -0.3 is 11.1 Å². The van der Waals surface area contributed by atoms with Gasteiger partial charge in [0.2, 0.25) is 0 Å². The molecule has 0 spiro atoms. The van der Waals surface area contributed by atoms with Gasteiger partial charge in [0.25, 0.3) is 0 Å². The highest BCUT2D eigenvalue weighted by atomic mass is 79.9. The summed E-state index contributed by atoms with van der Waals surface area (Å²) in [7, 11) is 0. The van der Waals surface area contributed by atoms with Gasteiger partial charge in [-0.25, -0.2) is 4.98 Å². The number of halogens is 1. The van der Waals surface area contributed by atoms with Crippen molar-refractivity contribution in [1.82, 2.24) is 4.98 Å². The summed E-state index contributed by atoms with van der Waals surface area (Å²) < 4.78 is 0.982. The van der Waals surface area contributed by atoms with Gasteiger partial charge in [-0.2, -0.15) is 0 Å². The zero-order valence-electron chi connectivity index (χ0n) is 9.47. The third kappa shape index (κ3) is 3.18. The van der Waals surface area contributed by atoms with Crippen molar-refractivity contribution >= 4 is 21.7 Å². The Labute approximate surface area is 99.6 Å². The monoisotopic (exact) mass is 271 g/mol. The Kier molecular flexibility index (Phi) is 4.11. The summed E-state index contributed by atoms with van der Waals surface area (Å²) in [6.45, 7) is 6.82. The molecule has 0 radical (unpaired) electrons. The number of nitrogens with zero attached hydrogens (tertiary/aromatic N) is 1. The Morgan fingerprint density at radius 2 is 2.27 bits per heavy atom. The van der Waals surface area contributed by atoms with Gasteiger partial charge in [-0.3, -0.25) is 0 Å². The molecule has 1 aromatic heterocycles. The summed E-state index contributed by atoms with van der Waals surface area (Å²) in [5.74, 6) is 0.857. The van der Waals surface area contributed by atoms with E-state index in [-0.39, 0.29) is 5.54 Å². The fraction of sp³-hybridized carbons (Fsp3) is 0.545. The largest absolute Gasteiger partial charge is 0.363 e. The molecule has 0 aromatic carbocycles. The van der Waals surface area contributed by atoms with Crippen LogP contribution in [0, 0.1) is 6.92 Å². The molecule has 0 saturated heterocycles. The van der Waals surface area contributed by atoms with E-state index >= 15 is 0 Å². The molecule has 1 heterocycles. The number of pyridine rings is 1. The minimum absolute atomic E-state index is 0.0925. The van der Waals surface area contributed by atoms with E-state index in [1.165, 1.54) is 0 Å². The van der Waals surface area contributed by atoms with Crippen LogP contribution in [0.5, 0.6) is 0 Å². The first-order valence-electron chi connectivity index (χ1n) is 5.11. The summed E-state index contributed by atoms with van der Waals surface area (Å²) in [4.78, 5) is 4.35. The Morgan fingerprint density at radius 3 is 2.73 bits per heavy atom. The number of hydrogen-bond donors (Lipinski definition) is 2. The quantitative estimate of drug-likeness (QED) is 0.886. The molecule has 1 rings (SSSR count). The van der Waals surface area contributed by atoms with E-state index in [9.17, 15) is 0 Å². The first kappa shape index (κ1) is 12.5. The Morgan fingerprint density at radius 1 is 1.60 bits per heavy atom. The molecule has 0 saturated carbocycles. The minimum atomic E-state index is -0.0925. The van der Waals surface area contributed by atoms with Crippen molar-refractivity contribution < 1.29 is 0 Å². The molecule has 15 heavy (non-hydrogen) atoms. The lowest BCUT2D eigenvalue weighted by Crippen LogP contribution is -2.42. The Hall–Kier alpha value is -0.610. The molecule has 84 valence electrons. The van der Waals surface area contributed by atoms with Crippen LogP contribution in [0.1, 0.15) is 25.8 Å². The molecule has 0 bridgehead atoms. The van der Waals surface area contributed by atoms with Crippen LogP contribution >= 0.6 is 15.9 Å². The average molecular weight is 272 g/mol. The maximum Gasteiger partial charge on any atom is 0.140 e. The third-order valence-corrected chi connectivity index (χ3v) is 3.23. The standard InChI is InChI=1S/C11H18BrN3/c1-4-11(3,7-13)15-10-9(12)5-8(2)6-14-10/h5-6H,4,7,13H2,1-3H3,(H,14,15). The Balaban J connectivity index is 2.89. The van der Waals surface area contributed by atoms with Crippen LogP contribution in [-0.2, 0) is 0 Å². The van der Waals surface area contributed by atoms with Crippen LogP contribution in [0.2, 0.25) is 0 Å². The van der Waals surface area contributed by atoms with E-state index in [1.807, 2.05) is 19.2 Å². The van der Waals surface area contributed by atoms with Gasteiger partial charge in [0.1, 0.15) is 5.82 Å². The van der Waals surface area contributed by atoms with E-state index in [4.69, 9.17) is 5.73 Å². The van der Waals surface area contributed by atoms with Crippen LogP contribution in [0.15, 0.2) is 16.7 Å². The van der Waals surface area contributed by atoms with Gasteiger partial charge in [0.15, 0.2) is 0 Å². The maximum atomic E-state index is 5.74. The molecular weight excluding hydrogens is 254 g/mol. The number of hydrogen-bond acceptors (Lipinski definition) is 3. The number of nitrogens with one attached hydrogen (secondary N) is 1. The van der Waals surface area contributed by atoms with Crippen molar-refractivity contribution in [2.75, 3.05) is 11.9 Å². The van der Waals surface area contributed by atoms with Gasteiger partial charge in [0, 0.05) is 18.3 Å². The molecule has 1 unspecified atom stereocenters. The molecule has 0 fully saturated rings. The second-order valence-electron chi connectivity index (χ2n) is 4.09. The van der Waals surface area contributed by atoms with Crippen molar-refractivity contribution in [2.45, 2.75) is 32.7 Å². The van der Waals surface area contributed by atoms with E-state index < -0.39 is 0 Å². The van der Waals surface area contributed by atoms with Crippen LogP contribution in [-0.4, -0.2) is 17.1 Å². The van der Waals surface area contributed by atoms with Crippen molar-refractivity contribution in [3.05, 3.63) is 22.3 Å². The molecule has 1 atom stereocenters. The summed E-state index contributed by atoms with van der Waals surface area (Å²) in [6.07, 6.45) is 2.81. The normalized spacial score (nSPS) is 14.7. The van der Waals surface area contributed by atoms with Gasteiger partial charge in [-0.05, 0) is 47.8 Å². The molecule has 3 nitrogen and oxygen atoms in total. The highest BCUT2D eigenvalue weighted by molar-refractivity contribution is 9.10. The fourth-order valence-electron chi connectivity index (χ4n) is 1.20. The smallest absolute Gasteiger partial charge is 0.140 e. The van der Waals surface area contributed by atoms with Crippen LogP contribution in [0.4, 0.5) is 5.82 Å². The molecule has 3 N–H and O–H groups in total. The SMILES string of the molecule is CCC(C)(CN)Nc1ncc(C)cc1Br. The van der Waals surface area contributed by atoms with Gasteiger partial charge in [-0.15, -0.1) is 0 Å². The average Bonchev–Trinajstić information content (AvgIpc) is 2.22. The van der Waals surface area contributed by atoms with E-state index in [0.29, 0.717) is 6.54 Å². The topological polar surface area (TPSA) is 50.9 Å². The zero-order valence-corrected chi connectivity index (χ0v) is 11.1. The van der Waals surface area contributed by atoms with Gasteiger partial charge in [0.05, 0.1) is 4.47 Å². The lowest BCUT2D eigenvalue weighted by Gasteiger charge is -2.29. The zero-order chi connectivity index (χ0) is 11.5. The molecule has 4 heteroatoms. The summed E-state index contributed by atoms with van der Waals surface area (Å²) in [5.41, 5.74) is 6.78. The fourth-order valence-corrected chi connectivity index (χ4v) is 1.76. The van der Waals surface area contributed by atoms with Crippen LogP contribution in [0.3, 0.4) is 0 Å². The minimum Gasteiger partial charge on any atom is -0.363 e. The van der Waals surface area contributed by atoms with Crippen molar-refractivity contribution in [3.63, 3.8) is 0 Å². The number of rotatable bonds is 4. The predicted octanol–water partition coefficient (Wildman–Crippen LogP) is 2.69. The maximum absolute atomic E-state index is 5.74. The first-order valence-corrected chi connectivity index (χ1v) is 5.90. The summed E-state index contributed by atoms with van der Waals surface area (Å²) in [5, 5.41) is 3.37.